The zero-order valence-corrected chi connectivity index (χ0v) is 15.6. The number of anilines is 1. The Labute approximate surface area is 154 Å². The van der Waals surface area contributed by atoms with Crippen molar-refractivity contribution in [2.24, 2.45) is 5.92 Å². The Kier molecular flexibility index (Phi) is 5.78. The number of carbonyl (C=O) groups is 1. The second-order valence-electron chi connectivity index (χ2n) is 5.85. The third kappa shape index (κ3) is 5.11. The fraction of sp³-hybridized carbons (Fsp3) is 0.222. The van der Waals surface area contributed by atoms with Gasteiger partial charge in [0.1, 0.15) is 10.0 Å². The highest BCUT2D eigenvalue weighted by atomic mass is 32.2. The van der Waals surface area contributed by atoms with E-state index in [0.29, 0.717) is 16.6 Å². The predicted molar refractivity (Wildman–Crippen MR) is 101 cm³/mol. The van der Waals surface area contributed by atoms with Crippen LogP contribution >= 0.6 is 23.1 Å². The summed E-state index contributed by atoms with van der Waals surface area (Å²) in [6.45, 7) is 4.26. The van der Waals surface area contributed by atoms with Crippen molar-refractivity contribution in [2.45, 2.75) is 30.2 Å². The second-order valence-corrected chi connectivity index (χ2v) is 8.00. The molecule has 3 rings (SSSR count). The summed E-state index contributed by atoms with van der Waals surface area (Å²) >= 11 is 2.98. The molecule has 1 aromatic carbocycles. The Balaban J connectivity index is 1.61. The maximum atomic E-state index is 12.3. The van der Waals surface area contributed by atoms with Crippen molar-refractivity contribution in [2.75, 3.05) is 5.32 Å². The smallest absolute Gasteiger partial charge is 0.257 e. The predicted octanol–water partition coefficient (Wildman–Crippen LogP) is 4.54. The van der Waals surface area contributed by atoms with Crippen LogP contribution in [0.15, 0.2) is 58.6 Å². The normalized spacial score (nSPS) is 10.8. The molecule has 1 N–H and O–H groups in total. The number of hydrogen-bond acceptors (Lipinski definition) is 6. The molecule has 5 nitrogen and oxygen atoms in total. The Morgan fingerprint density at radius 3 is 2.64 bits per heavy atom. The molecule has 7 heteroatoms. The minimum Gasteiger partial charge on any atom is -0.296 e. The molecule has 0 aliphatic heterocycles. The minimum atomic E-state index is -0.179. The first-order valence-electron chi connectivity index (χ1n) is 7.93. The summed E-state index contributed by atoms with van der Waals surface area (Å²) in [6, 6.07) is 13.2. The number of nitrogens with one attached hydrogen (secondary N) is 1. The molecule has 2 heterocycles. The van der Waals surface area contributed by atoms with Gasteiger partial charge in [0.05, 0.1) is 0 Å². The minimum absolute atomic E-state index is 0.179. The molecule has 1 amide bonds. The van der Waals surface area contributed by atoms with Gasteiger partial charge in [0, 0.05) is 23.1 Å². The van der Waals surface area contributed by atoms with Crippen molar-refractivity contribution >= 4 is 34.1 Å². The largest absolute Gasteiger partial charge is 0.296 e. The molecular formula is C18H18N4OS2. The fourth-order valence-electron chi connectivity index (χ4n) is 2.11. The average Bonchev–Trinajstić information content (AvgIpc) is 3.02. The molecule has 0 saturated carbocycles. The molecule has 0 spiro atoms. The summed E-state index contributed by atoms with van der Waals surface area (Å²) in [4.78, 5) is 17.6. The van der Waals surface area contributed by atoms with Crippen LogP contribution < -0.4 is 5.32 Å². The van der Waals surface area contributed by atoms with Gasteiger partial charge in [-0.3, -0.25) is 10.1 Å². The van der Waals surface area contributed by atoms with Gasteiger partial charge in [-0.1, -0.05) is 43.0 Å². The lowest BCUT2D eigenvalue weighted by atomic mass is 10.1. The van der Waals surface area contributed by atoms with Crippen LogP contribution in [0.5, 0.6) is 0 Å². The maximum absolute atomic E-state index is 12.3. The fourth-order valence-corrected chi connectivity index (χ4v) is 3.83. The molecule has 0 atom stereocenters. The van der Waals surface area contributed by atoms with Gasteiger partial charge in [-0.15, -0.1) is 10.2 Å². The topological polar surface area (TPSA) is 67.8 Å². The number of rotatable bonds is 6. The van der Waals surface area contributed by atoms with Gasteiger partial charge in [0.25, 0.3) is 5.91 Å². The molecule has 0 unspecified atom stereocenters. The molecule has 0 bridgehead atoms. The quantitative estimate of drug-likeness (QED) is 0.690. The molecule has 0 fully saturated rings. The Morgan fingerprint density at radius 1 is 1.16 bits per heavy atom. The highest BCUT2D eigenvalue weighted by Crippen LogP contribution is 2.26. The maximum Gasteiger partial charge on any atom is 0.257 e. The molecule has 0 aliphatic carbocycles. The van der Waals surface area contributed by atoms with Crippen LogP contribution in [0.25, 0.3) is 0 Å². The lowest BCUT2D eigenvalue weighted by Crippen LogP contribution is -2.11. The SMILES string of the molecule is CC(C)Cc1nnc(NC(=O)c2ccc(Sc3ccccn3)cc2)s1. The van der Waals surface area contributed by atoms with E-state index in [1.54, 1.807) is 30.1 Å². The molecule has 0 radical (unpaired) electrons. The van der Waals surface area contributed by atoms with Crippen molar-refractivity contribution in [3.8, 4) is 0 Å². The number of aromatic nitrogens is 3. The summed E-state index contributed by atoms with van der Waals surface area (Å²) in [5, 5.41) is 13.3. The van der Waals surface area contributed by atoms with Crippen LogP contribution in [0.3, 0.4) is 0 Å². The van der Waals surface area contributed by atoms with Gasteiger partial charge in [0.2, 0.25) is 5.13 Å². The van der Waals surface area contributed by atoms with E-state index in [0.717, 1.165) is 21.3 Å². The third-order valence-electron chi connectivity index (χ3n) is 3.25. The van der Waals surface area contributed by atoms with Crippen molar-refractivity contribution in [1.29, 1.82) is 0 Å². The van der Waals surface area contributed by atoms with Crippen LogP contribution in [0.2, 0.25) is 0 Å². The van der Waals surface area contributed by atoms with E-state index in [4.69, 9.17) is 0 Å². The van der Waals surface area contributed by atoms with Crippen molar-refractivity contribution in [1.82, 2.24) is 15.2 Å². The number of hydrogen-bond donors (Lipinski definition) is 1. The lowest BCUT2D eigenvalue weighted by molar-refractivity contribution is 0.102. The molecular weight excluding hydrogens is 352 g/mol. The second kappa shape index (κ2) is 8.22. The molecule has 0 aliphatic rings. The highest BCUT2D eigenvalue weighted by molar-refractivity contribution is 7.99. The van der Waals surface area contributed by atoms with E-state index in [1.165, 1.54) is 11.3 Å². The zero-order chi connectivity index (χ0) is 17.6. The van der Waals surface area contributed by atoms with Crippen molar-refractivity contribution < 1.29 is 4.79 Å². The standard InChI is InChI=1S/C18H18N4OS2/c1-12(2)11-16-21-22-18(25-16)20-17(23)13-6-8-14(9-7-13)24-15-5-3-4-10-19-15/h3-10,12H,11H2,1-2H3,(H,20,22,23). The number of nitrogens with zero attached hydrogens (tertiary/aromatic N) is 3. The van der Waals surface area contributed by atoms with Gasteiger partial charge >= 0.3 is 0 Å². The molecule has 3 aromatic rings. The van der Waals surface area contributed by atoms with Crippen LogP contribution in [0.1, 0.15) is 29.2 Å². The van der Waals surface area contributed by atoms with E-state index < -0.39 is 0 Å². The summed E-state index contributed by atoms with van der Waals surface area (Å²) in [6.07, 6.45) is 2.63. The van der Waals surface area contributed by atoms with E-state index in [-0.39, 0.29) is 5.91 Å². The van der Waals surface area contributed by atoms with E-state index in [9.17, 15) is 4.79 Å². The third-order valence-corrected chi connectivity index (χ3v) is 5.07. The summed E-state index contributed by atoms with van der Waals surface area (Å²) in [5.41, 5.74) is 0.589. The first-order valence-corrected chi connectivity index (χ1v) is 9.56. The summed E-state index contributed by atoms with van der Waals surface area (Å²) < 4.78 is 0. The zero-order valence-electron chi connectivity index (χ0n) is 14.0. The van der Waals surface area contributed by atoms with Gasteiger partial charge < -0.3 is 0 Å². The van der Waals surface area contributed by atoms with Gasteiger partial charge in [-0.2, -0.15) is 0 Å². The van der Waals surface area contributed by atoms with Gasteiger partial charge in [-0.05, 0) is 42.3 Å². The lowest BCUT2D eigenvalue weighted by Gasteiger charge is -2.03. The Morgan fingerprint density at radius 2 is 1.96 bits per heavy atom. The number of pyridine rings is 1. The molecule has 128 valence electrons. The van der Waals surface area contributed by atoms with Crippen molar-refractivity contribution in [3.63, 3.8) is 0 Å². The van der Waals surface area contributed by atoms with Gasteiger partial charge in [0.15, 0.2) is 0 Å². The van der Waals surface area contributed by atoms with E-state index in [1.807, 2.05) is 30.3 Å². The summed E-state index contributed by atoms with van der Waals surface area (Å²) in [7, 11) is 0. The highest BCUT2D eigenvalue weighted by Gasteiger charge is 2.11. The van der Waals surface area contributed by atoms with Crippen LogP contribution in [0, 0.1) is 5.92 Å². The first kappa shape index (κ1) is 17.6. The van der Waals surface area contributed by atoms with Crippen LogP contribution in [-0.4, -0.2) is 21.1 Å². The summed E-state index contributed by atoms with van der Waals surface area (Å²) in [5.74, 6) is 0.335. The first-order chi connectivity index (χ1) is 12.1. The number of carbonyl (C=O) groups excluding carboxylic acids is 1. The van der Waals surface area contributed by atoms with Crippen LogP contribution in [0.4, 0.5) is 5.13 Å². The van der Waals surface area contributed by atoms with E-state index >= 15 is 0 Å². The number of benzene rings is 1. The van der Waals surface area contributed by atoms with E-state index in [2.05, 4.69) is 34.3 Å². The van der Waals surface area contributed by atoms with Gasteiger partial charge in [-0.25, -0.2) is 4.98 Å². The molecule has 2 aromatic heterocycles. The monoisotopic (exact) mass is 370 g/mol. The number of amides is 1. The van der Waals surface area contributed by atoms with Crippen LogP contribution in [-0.2, 0) is 6.42 Å². The van der Waals surface area contributed by atoms with Crippen molar-refractivity contribution in [3.05, 3.63) is 59.2 Å². The Hall–Kier alpha value is -2.25. The molecule has 0 saturated heterocycles. The Bertz CT molecular complexity index is 832. The molecule has 25 heavy (non-hydrogen) atoms. The average molecular weight is 371 g/mol.